The van der Waals surface area contributed by atoms with Crippen LogP contribution in [0.4, 0.5) is 0 Å². The van der Waals surface area contributed by atoms with Gasteiger partial charge in [0, 0.05) is 24.2 Å². The maximum absolute atomic E-state index is 6.07. The van der Waals surface area contributed by atoms with Gasteiger partial charge in [-0.2, -0.15) is 0 Å². The average molecular weight is 224 g/mol. The lowest BCUT2D eigenvalue weighted by molar-refractivity contribution is 0.387. The number of methoxy groups -OCH3 is 2. The SMILES string of the molecule is CCNCC(N)c1ccc(OC)cc1OC. The molecule has 4 nitrogen and oxygen atoms in total. The van der Waals surface area contributed by atoms with Crippen molar-refractivity contribution in [2.24, 2.45) is 5.73 Å². The van der Waals surface area contributed by atoms with E-state index in [4.69, 9.17) is 15.2 Å². The minimum absolute atomic E-state index is 0.0687. The van der Waals surface area contributed by atoms with Crippen LogP contribution in [0.2, 0.25) is 0 Å². The Balaban J connectivity index is 2.85. The molecular formula is C12H20N2O2. The third kappa shape index (κ3) is 3.12. The smallest absolute Gasteiger partial charge is 0.127 e. The highest BCUT2D eigenvalue weighted by atomic mass is 16.5. The number of likely N-dealkylation sites (N-methyl/N-ethyl adjacent to an activating group) is 1. The van der Waals surface area contributed by atoms with Gasteiger partial charge in [0.05, 0.1) is 14.2 Å². The van der Waals surface area contributed by atoms with Gasteiger partial charge in [-0.1, -0.05) is 13.0 Å². The lowest BCUT2D eigenvalue weighted by Crippen LogP contribution is -2.27. The summed E-state index contributed by atoms with van der Waals surface area (Å²) < 4.78 is 10.4. The summed E-state index contributed by atoms with van der Waals surface area (Å²) in [7, 11) is 3.27. The predicted octanol–water partition coefficient (Wildman–Crippen LogP) is 1.31. The Morgan fingerprint density at radius 1 is 1.31 bits per heavy atom. The maximum atomic E-state index is 6.07. The molecule has 0 saturated carbocycles. The van der Waals surface area contributed by atoms with Crippen molar-refractivity contribution in [3.05, 3.63) is 23.8 Å². The summed E-state index contributed by atoms with van der Waals surface area (Å²) in [5.41, 5.74) is 7.06. The van der Waals surface area contributed by atoms with E-state index < -0.39 is 0 Å². The molecular weight excluding hydrogens is 204 g/mol. The maximum Gasteiger partial charge on any atom is 0.127 e. The van der Waals surface area contributed by atoms with Gasteiger partial charge in [0.2, 0.25) is 0 Å². The van der Waals surface area contributed by atoms with Crippen molar-refractivity contribution in [3.8, 4) is 11.5 Å². The fourth-order valence-electron chi connectivity index (χ4n) is 1.53. The van der Waals surface area contributed by atoms with Crippen LogP contribution < -0.4 is 20.5 Å². The second-order valence-electron chi connectivity index (χ2n) is 3.52. The van der Waals surface area contributed by atoms with E-state index in [1.54, 1.807) is 14.2 Å². The third-order valence-electron chi connectivity index (χ3n) is 2.45. The standard InChI is InChI=1S/C12H20N2O2/c1-4-14-8-11(13)10-6-5-9(15-2)7-12(10)16-3/h5-7,11,14H,4,8,13H2,1-3H3. The van der Waals surface area contributed by atoms with Gasteiger partial charge in [0.25, 0.3) is 0 Å². The van der Waals surface area contributed by atoms with Crippen molar-refractivity contribution < 1.29 is 9.47 Å². The van der Waals surface area contributed by atoms with Crippen molar-refractivity contribution in [1.82, 2.24) is 5.32 Å². The summed E-state index contributed by atoms with van der Waals surface area (Å²) >= 11 is 0. The van der Waals surface area contributed by atoms with Crippen LogP contribution in [-0.4, -0.2) is 27.3 Å². The molecule has 0 fully saturated rings. The van der Waals surface area contributed by atoms with E-state index in [9.17, 15) is 0 Å². The fourth-order valence-corrected chi connectivity index (χ4v) is 1.53. The van der Waals surface area contributed by atoms with E-state index >= 15 is 0 Å². The second kappa shape index (κ2) is 6.35. The molecule has 0 spiro atoms. The molecule has 1 rings (SSSR count). The molecule has 3 N–H and O–H groups in total. The molecule has 0 aliphatic heterocycles. The van der Waals surface area contributed by atoms with Crippen molar-refractivity contribution in [3.63, 3.8) is 0 Å². The van der Waals surface area contributed by atoms with E-state index in [1.165, 1.54) is 0 Å². The zero-order valence-electron chi connectivity index (χ0n) is 10.1. The molecule has 16 heavy (non-hydrogen) atoms. The largest absolute Gasteiger partial charge is 0.497 e. The van der Waals surface area contributed by atoms with Crippen LogP contribution in [0.15, 0.2) is 18.2 Å². The first-order chi connectivity index (χ1) is 7.72. The zero-order chi connectivity index (χ0) is 12.0. The predicted molar refractivity (Wildman–Crippen MR) is 65.0 cm³/mol. The van der Waals surface area contributed by atoms with Crippen molar-refractivity contribution in [2.75, 3.05) is 27.3 Å². The van der Waals surface area contributed by atoms with E-state index in [1.807, 2.05) is 18.2 Å². The first-order valence-corrected chi connectivity index (χ1v) is 5.41. The third-order valence-corrected chi connectivity index (χ3v) is 2.45. The van der Waals surface area contributed by atoms with Gasteiger partial charge in [-0.05, 0) is 12.6 Å². The molecule has 4 heteroatoms. The topological polar surface area (TPSA) is 56.5 Å². The Morgan fingerprint density at radius 3 is 2.62 bits per heavy atom. The molecule has 90 valence electrons. The monoisotopic (exact) mass is 224 g/mol. The minimum atomic E-state index is -0.0687. The number of rotatable bonds is 6. The highest BCUT2D eigenvalue weighted by molar-refractivity contribution is 5.42. The Labute approximate surface area is 96.7 Å². The Kier molecular flexibility index (Phi) is 5.08. The molecule has 1 unspecified atom stereocenters. The molecule has 0 saturated heterocycles. The van der Waals surface area contributed by atoms with E-state index in [-0.39, 0.29) is 6.04 Å². The number of ether oxygens (including phenoxy) is 2. The Morgan fingerprint density at radius 2 is 2.06 bits per heavy atom. The number of nitrogens with two attached hydrogens (primary N) is 1. The number of benzene rings is 1. The quantitative estimate of drug-likeness (QED) is 0.765. The molecule has 0 radical (unpaired) electrons. The normalized spacial score (nSPS) is 12.2. The van der Waals surface area contributed by atoms with Crippen LogP contribution in [0.5, 0.6) is 11.5 Å². The van der Waals surface area contributed by atoms with Gasteiger partial charge in [0.1, 0.15) is 11.5 Å². The second-order valence-corrected chi connectivity index (χ2v) is 3.52. The summed E-state index contributed by atoms with van der Waals surface area (Å²) in [6.45, 7) is 3.70. The summed E-state index contributed by atoms with van der Waals surface area (Å²) in [6.07, 6.45) is 0. The van der Waals surface area contributed by atoms with Crippen LogP contribution >= 0.6 is 0 Å². The van der Waals surface area contributed by atoms with Crippen LogP contribution in [0, 0.1) is 0 Å². The summed E-state index contributed by atoms with van der Waals surface area (Å²) in [5, 5.41) is 3.21. The minimum Gasteiger partial charge on any atom is -0.497 e. The molecule has 1 aromatic rings. The fraction of sp³-hybridized carbons (Fsp3) is 0.500. The van der Waals surface area contributed by atoms with E-state index in [0.29, 0.717) is 0 Å². The summed E-state index contributed by atoms with van der Waals surface area (Å²) in [4.78, 5) is 0. The first kappa shape index (κ1) is 12.8. The van der Waals surface area contributed by atoms with Crippen LogP contribution in [0.25, 0.3) is 0 Å². The zero-order valence-corrected chi connectivity index (χ0v) is 10.1. The Hall–Kier alpha value is -1.26. The molecule has 1 aromatic carbocycles. The molecule has 0 bridgehead atoms. The lowest BCUT2D eigenvalue weighted by atomic mass is 10.1. The van der Waals surface area contributed by atoms with Crippen molar-refractivity contribution in [1.29, 1.82) is 0 Å². The molecule has 0 aliphatic rings. The first-order valence-electron chi connectivity index (χ1n) is 5.41. The van der Waals surface area contributed by atoms with Gasteiger partial charge >= 0.3 is 0 Å². The molecule has 0 aromatic heterocycles. The van der Waals surface area contributed by atoms with E-state index in [2.05, 4.69) is 12.2 Å². The molecule has 0 amide bonds. The van der Waals surface area contributed by atoms with E-state index in [0.717, 1.165) is 30.2 Å². The number of hydrogen-bond donors (Lipinski definition) is 2. The average Bonchev–Trinajstić information content (AvgIpc) is 2.34. The van der Waals surface area contributed by atoms with Gasteiger partial charge in [0.15, 0.2) is 0 Å². The van der Waals surface area contributed by atoms with Crippen LogP contribution in [0.1, 0.15) is 18.5 Å². The highest BCUT2D eigenvalue weighted by Crippen LogP contribution is 2.28. The van der Waals surface area contributed by atoms with Gasteiger partial charge in [-0.15, -0.1) is 0 Å². The lowest BCUT2D eigenvalue weighted by Gasteiger charge is -2.16. The van der Waals surface area contributed by atoms with Crippen LogP contribution in [0.3, 0.4) is 0 Å². The summed E-state index contributed by atoms with van der Waals surface area (Å²) in [5.74, 6) is 1.54. The molecule has 0 aliphatic carbocycles. The number of nitrogens with one attached hydrogen (secondary N) is 1. The van der Waals surface area contributed by atoms with Crippen molar-refractivity contribution in [2.45, 2.75) is 13.0 Å². The summed E-state index contributed by atoms with van der Waals surface area (Å²) in [6, 6.07) is 5.62. The van der Waals surface area contributed by atoms with Gasteiger partial charge < -0.3 is 20.5 Å². The van der Waals surface area contributed by atoms with Crippen LogP contribution in [-0.2, 0) is 0 Å². The molecule has 0 heterocycles. The van der Waals surface area contributed by atoms with Crippen molar-refractivity contribution >= 4 is 0 Å². The molecule has 1 atom stereocenters. The highest BCUT2D eigenvalue weighted by Gasteiger charge is 2.12. The number of hydrogen-bond acceptors (Lipinski definition) is 4. The Bertz CT molecular complexity index is 329. The van der Waals surface area contributed by atoms with Gasteiger partial charge in [-0.25, -0.2) is 0 Å². The van der Waals surface area contributed by atoms with Gasteiger partial charge in [-0.3, -0.25) is 0 Å².